The van der Waals surface area contributed by atoms with E-state index in [-0.39, 0.29) is 11.6 Å². The first kappa shape index (κ1) is 24.8. The number of nitrogens with one attached hydrogen (secondary N) is 1. The molecule has 1 aromatic rings. The molecule has 1 aromatic carbocycles. The number of hydrogen-bond donors (Lipinski definition) is 2. The highest BCUT2D eigenvalue weighted by Gasteiger charge is 2.25. The van der Waals surface area contributed by atoms with Crippen LogP contribution in [-0.2, 0) is 12.8 Å². The van der Waals surface area contributed by atoms with Crippen LogP contribution in [0, 0.1) is 11.7 Å². The summed E-state index contributed by atoms with van der Waals surface area (Å²) in [5.41, 5.74) is 8.44. The smallest absolute Gasteiger partial charge is 0.141 e. The number of benzene rings is 1. The van der Waals surface area contributed by atoms with Gasteiger partial charge in [0.25, 0.3) is 0 Å². The Morgan fingerprint density at radius 3 is 2.81 bits per heavy atom. The zero-order valence-corrected chi connectivity index (χ0v) is 19.1. The second-order valence-corrected chi connectivity index (χ2v) is 8.41. The molecule has 1 aliphatic carbocycles. The van der Waals surface area contributed by atoms with Crippen molar-refractivity contribution in [1.29, 1.82) is 0 Å². The van der Waals surface area contributed by atoms with Crippen LogP contribution in [0.3, 0.4) is 0 Å². The Kier molecular flexibility index (Phi) is 10.4. The van der Waals surface area contributed by atoms with E-state index in [9.17, 15) is 0 Å². The fraction of sp³-hybridized carbons (Fsp3) is 0.520. The second kappa shape index (κ2) is 13.1. The minimum Gasteiger partial charge on any atom is -0.382 e. The highest BCUT2D eigenvalue weighted by Crippen LogP contribution is 2.39. The lowest BCUT2D eigenvalue weighted by Gasteiger charge is -2.29. The molecule has 0 spiro atoms. The van der Waals surface area contributed by atoms with E-state index in [1.165, 1.54) is 18.2 Å². The molecule has 1 atom stereocenters. The van der Waals surface area contributed by atoms with Gasteiger partial charge in [0.2, 0.25) is 0 Å². The number of halogens is 1. The van der Waals surface area contributed by atoms with Gasteiger partial charge in [-0.05, 0) is 74.2 Å². The molecule has 0 aliphatic heterocycles. The van der Waals surface area contributed by atoms with Gasteiger partial charge in [-0.15, -0.1) is 0 Å². The maximum atomic E-state index is 15.5. The first-order valence-corrected chi connectivity index (χ1v) is 11.3. The van der Waals surface area contributed by atoms with Crippen LogP contribution in [0.25, 0.3) is 0 Å². The van der Waals surface area contributed by atoms with Crippen LogP contribution in [0.4, 0.5) is 4.39 Å². The van der Waals surface area contributed by atoms with E-state index in [4.69, 9.17) is 5.73 Å². The highest BCUT2D eigenvalue weighted by molar-refractivity contribution is 5.63. The minimum atomic E-state index is -0.0804. The Hall–Kier alpha value is -2.47. The lowest BCUT2D eigenvalue weighted by molar-refractivity contribution is 0.310. The summed E-state index contributed by atoms with van der Waals surface area (Å²) in [6.07, 6.45) is 10.6. The minimum absolute atomic E-state index is 0.0804. The summed E-state index contributed by atoms with van der Waals surface area (Å²) >= 11 is 0. The van der Waals surface area contributed by atoms with Gasteiger partial charge in [-0.25, -0.2) is 9.38 Å². The third-order valence-corrected chi connectivity index (χ3v) is 6.02. The van der Waals surface area contributed by atoms with Gasteiger partial charge in [0.15, 0.2) is 0 Å². The van der Waals surface area contributed by atoms with E-state index >= 15 is 4.39 Å². The molecule has 6 heteroatoms. The molecule has 1 aliphatic rings. The molecule has 170 valence electrons. The molecule has 0 heterocycles. The number of nitrogens with two attached hydrogens (primary N) is 1. The Bertz CT molecular complexity index is 782. The van der Waals surface area contributed by atoms with Gasteiger partial charge < -0.3 is 16.0 Å². The number of hydrogen-bond acceptors (Lipinski definition) is 5. The third-order valence-electron chi connectivity index (χ3n) is 6.02. The topological polar surface area (TPSA) is 66.0 Å². The molecule has 0 radical (unpaired) electrons. The van der Waals surface area contributed by atoms with Crippen LogP contribution in [0.5, 0.6) is 0 Å². The maximum Gasteiger partial charge on any atom is 0.141 e. The zero-order chi connectivity index (χ0) is 22.6. The van der Waals surface area contributed by atoms with E-state index < -0.39 is 0 Å². The number of aliphatic imine (C=N–C) groups is 2. The summed E-state index contributed by atoms with van der Waals surface area (Å²) < 4.78 is 15.5. The summed E-state index contributed by atoms with van der Waals surface area (Å²) in [6.45, 7) is 12.3. The number of likely N-dealkylation sites (N-methyl/N-ethyl adjacent to an activating group) is 1. The molecule has 0 aromatic heterocycles. The van der Waals surface area contributed by atoms with Gasteiger partial charge in [-0.2, -0.15) is 0 Å². The molecule has 3 N–H and O–H groups in total. The lowest BCUT2D eigenvalue weighted by atomic mass is 9.76. The van der Waals surface area contributed by atoms with Gasteiger partial charge in [-0.3, -0.25) is 4.99 Å². The lowest BCUT2D eigenvalue weighted by Crippen LogP contribution is -2.30. The molecule has 1 fully saturated rings. The van der Waals surface area contributed by atoms with Crippen LogP contribution in [-0.4, -0.2) is 44.5 Å². The molecular formula is C25H38FN5. The molecule has 5 nitrogen and oxygen atoms in total. The van der Waals surface area contributed by atoms with Crippen LogP contribution < -0.4 is 11.1 Å². The number of nitrogens with zero attached hydrogens (tertiary/aromatic N) is 3. The van der Waals surface area contributed by atoms with Crippen LogP contribution in [0.2, 0.25) is 0 Å². The zero-order valence-electron chi connectivity index (χ0n) is 19.1. The van der Waals surface area contributed by atoms with E-state index in [0.717, 1.165) is 50.9 Å². The quantitative estimate of drug-likeness (QED) is 0.433. The van der Waals surface area contributed by atoms with Crippen molar-refractivity contribution >= 4 is 12.9 Å². The summed E-state index contributed by atoms with van der Waals surface area (Å²) in [6, 6.07) is 4.04. The molecule has 0 amide bonds. The Labute approximate surface area is 187 Å². The average Bonchev–Trinajstić information content (AvgIpc) is 2.71. The monoisotopic (exact) mass is 427 g/mol. The largest absolute Gasteiger partial charge is 0.382 e. The van der Waals surface area contributed by atoms with Gasteiger partial charge in [-0.1, -0.05) is 32.1 Å². The standard InChI is InChI=1S/C25H38FN5/c1-5-31(16-15-28-3)18-19(2)9-11-23-22(20-7-6-8-20)12-10-21(25(23)26)13-14-30-24(27)17-29-4/h5,10,12,14,17,19-20,28H,1,4,6-9,11,13,15-16,18,27H2,2-3H3/b24-17-,30-14?. The average molecular weight is 428 g/mol. The van der Waals surface area contributed by atoms with Crippen molar-refractivity contribution in [2.24, 2.45) is 21.6 Å². The van der Waals surface area contributed by atoms with Crippen molar-refractivity contribution in [1.82, 2.24) is 10.2 Å². The fourth-order valence-electron chi connectivity index (χ4n) is 3.97. The molecule has 2 rings (SSSR count). The van der Waals surface area contributed by atoms with Crippen molar-refractivity contribution < 1.29 is 4.39 Å². The first-order chi connectivity index (χ1) is 15.0. The van der Waals surface area contributed by atoms with Crippen LogP contribution in [0.15, 0.2) is 46.9 Å². The molecule has 1 unspecified atom stereocenters. The van der Waals surface area contributed by atoms with Crippen molar-refractivity contribution in [3.8, 4) is 0 Å². The van der Waals surface area contributed by atoms with E-state index in [1.807, 2.05) is 19.3 Å². The molecular weight excluding hydrogens is 389 g/mol. The molecule has 31 heavy (non-hydrogen) atoms. The van der Waals surface area contributed by atoms with E-state index in [1.54, 1.807) is 6.21 Å². The summed E-state index contributed by atoms with van der Waals surface area (Å²) in [4.78, 5) is 9.91. The fourth-order valence-corrected chi connectivity index (χ4v) is 3.97. The first-order valence-electron chi connectivity index (χ1n) is 11.3. The number of rotatable bonds is 14. The molecule has 1 saturated carbocycles. The third kappa shape index (κ3) is 7.62. The van der Waals surface area contributed by atoms with Gasteiger partial charge in [0, 0.05) is 32.3 Å². The maximum absolute atomic E-state index is 15.5. The molecule has 0 saturated heterocycles. The predicted octanol–water partition coefficient (Wildman–Crippen LogP) is 4.40. The van der Waals surface area contributed by atoms with Crippen molar-refractivity contribution in [2.75, 3.05) is 26.7 Å². The van der Waals surface area contributed by atoms with Crippen LogP contribution >= 0.6 is 0 Å². The highest BCUT2D eigenvalue weighted by atomic mass is 19.1. The van der Waals surface area contributed by atoms with Crippen LogP contribution in [0.1, 0.15) is 55.2 Å². The van der Waals surface area contributed by atoms with Gasteiger partial charge in [0.05, 0.1) is 6.20 Å². The summed E-state index contributed by atoms with van der Waals surface area (Å²) in [7, 11) is 1.95. The van der Waals surface area contributed by atoms with Crippen molar-refractivity contribution in [2.45, 2.75) is 51.4 Å². The Morgan fingerprint density at radius 1 is 1.42 bits per heavy atom. The second-order valence-electron chi connectivity index (χ2n) is 8.41. The van der Waals surface area contributed by atoms with E-state index in [0.29, 0.717) is 23.8 Å². The van der Waals surface area contributed by atoms with Crippen molar-refractivity contribution in [3.63, 3.8) is 0 Å². The van der Waals surface area contributed by atoms with Gasteiger partial charge in [0.1, 0.15) is 11.6 Å². The Balaban J connectivity index is 2.10. The summed E-state index contributed by atoms with van der Waals surface area (Å²) in [5, 5.41) is 3.17. The summed E-state index contributed by atoms with van der Waals surface area (Å²) in [5.74, 6) is 1.13. The predicted molar refractivity (Wildman–Crippen MR) is 130 cm³/mol. The van der Waals surface area contributed by atoms with E-state index in [2.05, 4.69) is 46.5 Å². The van der Waals surface area contributed by atoms with Crippen molar-refractivity contribution in [3.05, 3.63) is 59.4 Å². The van der Waals surface area contributed by atoms with Gasteiger partial charge >= 0.3 is 0 Å². The molecule has 0 bridgehead atoms. The SMILES string of the molecule is C=CN(CCNC)CC(C)CCc1c(C2CCC2)ccc(CC=N/C(N)=C\N=C)c1F. The normalized spacial score (nSPS) is 15.6. The Morgan fingerprint density at radius 2 is 2.19 bits per heavy atom.